The predicted octanol–water partition coefficient (Wildman–Crippen LogP) is 2.05. The quantitative estimate of drug-likeness (QED) is 0.762. The van der Waals surface area contributed by atoms with Crippen molar-refractivity contribution in [1.82, 2.24) is 10.2 Å². The number of rotatable bonds is 5. The molecule has 1 aromatic rings. The molecule has 2 nitrogen and oxygen atoms in total. The van der Waals surface area contributed by atoms with Gasteiger partial charge in [0, 0.05) is 29.9 Å². The van der Waals surface area contributed by atoms with Crippen LogP contribution in [0.2, 0.25) is 5.02 Å². The van der Waals surface area contributed by atoms with E-state index in [1.54, 1.807) is 11.3 Å². The lowest BCUT2D eigenvalue weighted by Gasteiger charge is -2.09. The average Bonchev–Trinajstić information content (AvgIpc) is 2.45. The zero-order valence-corrected chi connectivity index (χ0v) is 9.58. The number of nitrogens with zero attached hydrogens (tertiary/aromatic N) is 1. The van der Waals surface area contributed by atoms with Crippen LogP contribution in [0.5, 0.6) is 0 Å². The summed E-state index contributed by atoms with van der Waals surface area (Å²) in [6.45, 7) is 3.01. The predicted molar refractivity (Wildman–Crippen MR) is 59.6 cm³/mol. The van der Waals surface area contributed by atoms with Crippen molar-refractivity contribution in [3.05, 3.63) is 21.3 Å². The number of halogens is 1. The van der Waals surface area contributed by atoms with Crippen LogP contribution in [0.1, 0.15) is 4.88 Å². The smallest absolute Gasteiger partial charge is 0.0516 e. The van der Waals surface area contributed by atoms with Crippen molar-refractivity contribution in [3.8, 4) is 0 Å². The van der Waals surface area contributed by atoms with Gasteiger partial charge in [-0.15, -0.1) is 11.3 Å². The second-order valence-corrected chi connectivity index (χ2v) is 4.64. The van der Waals surface area contributed by atoms with Gasteiger partial charge in [-0.05, 0) is 20.2 Å². The van der Waals surface area contributed by atoms with E-state index in [1.807, 2.05) is 11.4 Å². The molecule has 0 saturated carbocycles. The fourth-order valence-corrected chi connectivity index (χ4v) is 2.00. The first-order valence-electron chi connectivity index (χ1n) is 4.27. The Balaban J connectivity index is 2.13. The van der Waals surface area contributed by atoms with Gasteiger partial charge in [-0.25, -0.2) is 0 Å². The minimum Gasteiger partial charge on any atom is -0.311 e. The van der Waals surface area contributed by atoms with Crippen LogP contribution in [0.25, 0.3) is 0 Å². The van der Waals surface area contributed by atoms with Gasteiger partial charge >= 0.3 is 0 Å². The Kier molecular flexibility index (Phi) is 4.73. The van der Waals surface area contributed by atoms with E-state index >= 15 is 0 Å². The highest BCUT2D eigenvalue weighted by Crippen LogP contribution is 2.18. The van der Waals surface area contributed by atoms with E-state index in [0.29, 0.717) is 0 Å². The third kappa shape index (κ3) is 4.62. The third-order valence-electron chi connectivity index (χ3n) is 1.66. The fourth-order valence-electron chi connectivity index (χ4n) is 0.961. The number of thiophene rings is 1. The molecule has 74 valence electrons. The first-order chi connectivity index (χ1) is 6.18. The summed E-state index contributed by atoms with van der Waals surface area (Å²) in [6, 6.07) is 2.01. The molecule has 0 amide bonds. The zero-order chi connectivity index (χ0) is 9.68. The molecule has 4 heteroatoms. The lowest BCUT2D eigenvalue weighted by molar-refractivity contribution is 0.400. The Bertz CT molecular complexity index is 248. The fraction of sp³-hybridized carbons (Fsp3) is 0.556. The molecule has 0 spiro atoms. The maximum atomic E-state index is 5.80. The van der Waals surface area contributed by atoms with Gasteiger partial charge in [-0.3, -0.25) is 0 Å². The maximum Gasteiger partial charge on any atom is 0.0516 e. The van der Waals surface area contributed by atoms with Crippen LogP contribution in [-0.4, -0.2) is 32.1 Å². The monoisotopic (exact) mass is 218 g/mol. The summed E-state index contributed by atoms with van der Waals surface area (Å²) in [4.78, 5) is 3.46. The van der Waals surface area contributed by atoms with Crippen LogP contribution >= 0.6 is 22.9 Å². The molecule has 0 bridgehead atoms. The lowest BCUT2D eigenvalue weighted by atomic mass is 10.4. The van der Waals surface area contributed by atoms with Gasteiger partial charge in [0.05, 0.1) is 5.02 Å². The highest BCUT2D eigenvalue weighted by atomic mass is 35.5. The lowest BCUT2D eigenvalue weighted by Crippen LogP contribution is -2.25. The van der Waals surface area contributed by atoms with Crippen molar-refractivity contribution in [2.75, 3.05) is 27.2 Å². The highest BCUT2D eigenvalue weighted by Gasteiger charge is 1.96. The number of likely N-dealkylation sites (N-methyl/N-ethyl adjacent to an activating group) is 1. The molecule has 0 aliphatic rings. The molecule has 13 heavy (non-hydrogen) atoms. The molecular weight excluding hydrogens is 204 g/mol. The summed E-state index contributed by atoms with van der Waals surface area (Å²) < 4.78 is 0. The summed E-state index contributed by atoms with van der Waals surface area (Å²) in [6.07, 6.45) is 0. The van der Waals surface area contributed by atoms with Crippen molar-refractivity contribution in [1.29, 1.82) is 0 Å². The van der Waals surface area contributed by atoms with Crippen LogP contribution in [0.3, 0.4) is 0 Å². The third-order valence-corrected chi connectivity index (χ3v) is 2.94. The van der Waals surface area contributed by atoms with E-state index < -0.39 is 0 Å². The SMILES string of the molecule is CN(C)CCNCc1cc(Cl)cs1. The van der Waals surface area contributed by atoms with Gasteiger partial charge in [0.25, 0.3) is 0 Å². The summed E-state index contributed by atoms with van der Waals surface area (Å²) in [5.74, 6) is 0. The zero-order valence-electron chi connectivity index (χ0n) is 8.01. The molecular formula is C9H15ClN2S. The minimum atomic E-state index is 0.842. The molecule has 0 aromatic carbocycles. The summed E-state index contributed by atoms with van der Waals surface area (Å²) in [5, 5.41) is 6.16. The Hall–Kier alpha value is -0.0900. The van der Waals surface area contributed by atoms with Crippen LogP contribution in [0.4, 0.5) is 0 Å². The molecule has 0 aliphatic heterocycles. The van der Waals surface area contributed by atoms with E-state index in [1.165, 1.54) is 4.88 Å². The van der Waals surface area contributed by atoms with Crippen molar-refractivity contribution < 1.29 is 0 Å². The normalized spacial score (nSPS) is 11.1. The van der Waals surface area contributed by atoms with Crippen molar-refractivity contribution in [2.45, 2.75) is 6.54 Å². The Morgan fingerprint density at radius 3 is 2.85 bits per heavy atom. The molecule has 0 unspecified atom stereocenters. The van der Waals surface area contributed by atoms with Gasteiger partial charge < -0.3 is 10.2 Å². The molecule has 0 saturated heterocycles. The first kappa shape index (κ1) is 11.0. The van der Waals surface area contributed by atoms with Crippen LogP contribution in [-0.2, 0) is 6.54 Å². The Labute approximate surface area is 88.5 Å². The minimum absolute atomic E-state index is 0.842. The van der Waals surface area contributed by atoms with E-state index in [0.717, 1.165) is 24.7 Å². The van der Waals surface area contributed by atoms with Gasteiger partial charge in [0.2, 0.25) is 0 Å². The van der Waals surface area contributed by atoms with E-state index in [2.05, 4.69) is 24.3 Å². The molecule has 1 heterocycles. The first-order valence-corrected chi connectivity index (χ1v) is 5.52. The van der Waals surface area contributed by atoms with Gasteiger partial charge in [0.15, 0.2) is 0 Å². The Morgan fingerprint density at radius 1 is 1.54 bits per heavy atom. The van der Waals surface area contributed by atoms with Crippen LogP contribution in [0.15, 0.2) is 11.4 Å². The van der Waals surface area contributed by atoms with E-state index in [4.69, 9.17) is 11.6 Å². The molecule has 0 radical (unpaired) electrons. The topological polar surface area (TPSA) is 15.3 Å². The largest absolute Gasteiger partial charge is 0.311 e. The number of nitrogens with one attached hydrogen (secondary N) is 1. The molecule has 0 aliphatic carbocycles. The second-order valence-electron chi connectivity index (χ2n) is 3.21. The van der Waals surface area contributed by atoms with E-state index in [9.17, 15) is 0 Å². The van der Waals surface area contributed by atoms with Crippen LogP contribution < -0.4 is 5.32 Å². The van der Waals surface area contributed by atoms with Crippen molar-refractivity contribution in [3.63, 3.8) is 0 Å². The highest BCUT2D eigenvalue weighted by molar-refractivity contribution is 7.10. The molecule has 1 N–H and O–H groups in total. The number of hydrogen-bond donors (Lipinski definition) is 1. The summed E-state index contributed by atoms with van der Waals surface area (Å²) in [7, 11) is 4.15. The summed E-state index contributed by atoms with van der Waals surface area (Å²) >= 11 is 7.50. The van der Waals surface area contributed by atoms with Gasteiger partial charge in [-0.2, -0.15) is 0 Å². The Morgan fingerprint density at radius 2 is 2.31 bits per heavy atom. The standard InChI is InChI=1S/C9H15ClN2S/c1-12(2)4-3-11-6-9-5-8(10)7-13-9/h5,7,11H,3-4,6H2,1-2H3. The number of hydrogen-bond acceptors (Lipinski definition) is 3. The summed E-state index contributed by atoms with van der Waals surface area (Å²) in [5.41, 5.74) is 0. The molecule has 0 fully saturated rings. The second kappa shape index (κ2) is 5.60. The molecule has 1 aromatic heterocycles. The van der Waals surface area contributed by atoms with Crippen LogP contribution in [0, 0.1) is 0 Å². The van der Waals surface area contributed by atoms with Gasteiger partial charge in [-0.1, -0.05) is 11.6 Å². The molecule has 0 atom stereocenters. The van der Waals surface area contributed by atoms with Crippen molar-refractivity contribution >= 4 is 22.9 Å². The van der Waals surface area contributed by atoms with E-state index in [-0.39, 0.29) is 0 Å². The van der Waals surface area contributed by atoms with Crippen molar-refractivity contribution in [2.24, 2.45) is 0 Å². The van der Waals surface area contributed by atoms with Gasteiger partial charge in [0.1, 0.15) is 0 Å². The maximum absolute atomic E-state index is 5.80. The average molecular weight is 219 g/mol. The molecule has 1 rings (SSSR count).